The van der Waals surface area contributed by atoms with E-state index < -0.39 is 17.6 Å². The Balaban J connectivity index is 1.18. The number of aromatic nitrogens is 4. The molecule has 2 aliphatic heterocycles. The second kappa shape index (κ2) is 11.9. The monoisotopic (exact) mass is 680 g/mol. The van der Waals surface area contributed by atoms with Gasteiger partial charge in [0.2, 0.25) is 0 Å². The lowest BCUT2D eigenvalue weighted by Crippen LogP contribution is -2.33. The lowest BCUT2D eigenvalue weighted by atomic mass is 9.68. The van der Waals surface area contributed by atoms with Crippen LogP contribution in [0.4, 0.5) is 24.8 Å². The van der Waals surface area contributed by atoms with Crippen molar-refractivity contribution in [2.75, 3.05) is 29.9 Å². The molecular formula is C38H39F3N8O. The number of carbonyl (C=O) groups is 1. The third kappa shape index (κ3) is 5.91. The predicted octanol–water partition coefficient (Wildman–Crippen LogP) is 7.51. The number of halogens is 3. The number of rotatable bonds is 9. The van der Waals surface area contributed by atoms with Gasteiger partial charge in [0.05, 0.1) is 18.2 Å². The topological polar surface area (TPSA) is 103 Å². The van der Waals surface area contributed by atoms with Crippen molar-refractivity contribution < 1.29 is 18.0 Å². The fourth-order valence-electron chi connectivity index (χ4n) is 8.06. The van der Waals surface area contributed by atoms with Gasteiger partial charge in [-0.05, 0) is 97.5 Å². The van der Waals surface area contributed by atoms with Gasteiger partial charge in [-0.15, -0.1) is 10.2 Å². The fourth-order valence-corrected chi connectivity index (χ4v) is 8.06. The Kier molecular flexibility index (Phi) is 7.75. The van der Waals surface area contributed by atoms with E-state index in [1.807, 2.05) is 42.8 Å². The highest BCUT2D eigenvalue weighted by atomic mass is 19.4. The second-order valence-corrected chi connectivity index (χ2v) is 15.0. The number of nitrogens with one attached hydrogen (secondary N) is 1. The highest BCUT2D eigenvalue weighted by molar-refractivity contribution is 6.10. The van der Waals surface area contributed by atoms with Gasteiger partial charge in [0.1, 0.15) is 18.0 Å². The van der Waals surface area contributed by atoms with Crippen molar-refractivity contribution >= 4 is 17.5 Å². The van der Waals surface area contributed by atoms with E-state index in [1.165, 1.54) is 30.2 Å². The number of nitrogens with zero attached hydrogens (tertiary/aromatic N) is 7. The van der Waals surface area contributed by atoms with Gasteiger partial charge < -0.3 is 9.88 Å². The number of carbonyl (C=O) groups excluding carboxylic acids is 1. The number of alkyl halides is 3. The first kappa shape index (κ1) is 32.4. The first-order valence-corrected chi connectivity index (χ1v) is 17.3. The molecular weight excluding hydrogens is 641 g/mol. The Morgan fingerprint density at radius 2 is 1.84 bits per heavy atom. The zero-order chi connectivity index (χ0) is 34.8. The number of hydrogen-bond acceptors (Lipinski definition) is 7. The van der Waals surface area contributed by atoms with Crippen LogP contribution in [-0.2, 0) is 26.3 Å². The molecule has 258 valence electrons. The highest BCUT2D eigenvalue weighted by Gasteiger charge is 2.45. The van der Waals surface area contributed by atoms with Crippen molar-refractivity contribution in [1.29, 1.82) is 5.26 Å². The van der Waals surface area contributed by atoms with Crippen LogP contribution in [0.3, 0.4) is 0 Å². The second-order valence-electron chi connectivity index (χ2n) is 15.0. The number of benzene rings is 2. The number of anilines is 2. The summed E-state index contributed by atoms with van der Waals surface area (Å²) in [7, 11) is 1.86. The molecule has 1 amide bonds. The Morgan fingerprint density at radius 3 is 2.50 bits per heavy atom. The van der Waals surface area contributed by atoms with Gasteiger partial charge in [0, 0.05) is 49.6 Å². The zero-order valence-electron chi connectivity index (χ0n) is 28.3. The van der Waals surface area contributed by atoms with Crippen molar-refractivity contribution in [2.24, 2.45) is 17.9 Å². The number of nitriles is 1. The van der Waals surface area contributed by atoms with Gasteiger partial charge in [-0.3, -0.25) is 14.6 Å². The van der Waals surface area contributed by atoms with E-state index in [9.17, 15) is 23.2 Å². The molecule has 2 aromatic heterocycles. The number of fused-ring (bicyclic) bond motifs is 1. The maximum atomic E-state index is 14.7. The summed E-state index contributed by atoms with van der Waals surface area (Å²) < 4.78 is 45.8. The summed E-state index contributed by atoms with van der Waals surface area (Å²) in [4.78, 5) is 22.6. The summed E-state index contributed by atoms with van der Waals surface area (Å²) in [5.41, 5.74) is 3.34. The molecule has 0 atom stereocenters. The average molecular weight is 681 g/mol. The van der Waals surface area contributed by atoms with E-state index in [-0.39, 0.29) is 28.9 Å². The molecule has 0 bridgehead atoms. The summed E-state index contributed by atoms with van der Waals surface area (Å²) in [5, 5.41) is 21.2. The molecule has 1 saturated heterocycles. The molecule has 3 fully saturated rings. The molecule has 50 heavy (non-hydrogen) atoms. The minimum Gasteiger partial charge on any atom is -0.369 e. The minimum atomic E-state index is -4.62. The van der Waals surface area contributed by atoms with Crippen molar-refractivity contribution in [1.82, 2.24) is 24.6 Å². The van der Waals surface area contributed by atoms with Crippen molar-refractivity contribution in [3.8, 4) is 28.6 Å². The molecule has 2 aromatic carbocycles. The third-order valence-electron chi connectivity index (χ3n) is 11.3. The number of pyridine rings is 1. The lowest BCUT2D eigenvalue weighted by molar-refractivity contribution is -0.138. The summed E-state index contributed by atoms with van der Waals surface area (Å²) in [6.07, 6.45) is 3.92. The van der Waals surface area contributed by atoms with Crippen LogP contribution in [-0.4, -0.2) is 50.2 Å². The van der Waals surface area contributed by atoms with Gasteiger partial charge in [-0.1, -0.05) is 30.2 Å². The Hall–Kier alpha value is -4.76. The fraction of sp³-hybridized carbons (Fsp3) is 0.447. The summed E-state index contributed by atoms with van der Waals surface area (Å²) >= 11 is 0. The molecule has 0 radical (unpaired) electrons. The van der Waals surface area contributed by atoms with Crippen molar-refractivity contribution in [3.05, 3.63) is 76.6 Å². The van der Waals surface area contributed by atoms with Crippen LogP contribution in [0.15, 0.2) is 48.8 Å². The van der Waals surface area contributed by atoms with E-state index in [4.69, 9.17) is 4.98 Å². The predicted molar refractivity (Wildman–Crippen MR) is 183 cm³/mol. The van der Waals surface area contributed by atoms with Crippen LogP contribution in [0.5, 0.6) is 0 Å². The Morgan fingerprint density at radius 1 is 1.02 bits per heavy atom. The normalized spacial score (nSPS) is 19.0. The molecule has 0 unspecified atom stereocenters. The molecule has 12 heteroatoms. The minimum absolute atomic E-state index is 0.0221. The van der Waals surface area contributed by atoms with Crippen molar-refractivity contribution in [2.45, 2.75) is 71.1 Å². The summed E-state index contributed by atoms with van der Waals surface area (Å²) in [5.74, 6) is 0.877. The van der Waals surface area contributed by atoms with E-state index in [2.05, 4.69) is 26.5 Å². The molecule has 2 aliphatic carbocycles. The van der Waals surface area contributed by atoms with Crippen LogP contribution >= 0.6 is 0 Å². The number of aryl methyl sites for hydroxylation is 2. The average Bonchev–Trinajstić information content (AvgIpc) is 3.33. The number of hydrogen-bond donors (Lipinski definition) is 1. The molecule has 4 aliphatic rings. The third-order valence-corrected chi connectivity index (χ3v) is 11.3. The lowest BCUT2D eigenvalue weighted by Gasteiger charge is -2.38. The zero-order valence-corrected chi connectivity index (χ0v) is 28.3. The van der Waals surface area contributed by atoms with Gasteiger partial charge >= 0.3 is 6.18 Å². The molecule has 4 aromatic rings. The molecule has 9 nitrogen and oxygen atoms in total. The number of likely N-dealkylation sites (tertiary alicyclic amines) is 1. The maximum Gasteiger partial charge on any atom is 0.416 e. The molecule has 2 saturated carbocycles. The van der Waals surface area contributed by atoms with Gasteiger partial charge in [0.25, 0.3) is 5.91 Å². The largest absolute Gasteiger partial charge is 0.416 e. The first-order valence-electron chi connectivity index (χ1n) is 17.3. The Labute approximate surface area is 289 Å². The highest BCUT2D eigenvalue weighted by Crippen LogP contribution is 2.50. The van der Waals surface area contributed by atoms with E-state index >= 15 is 0 Å². The smallest absolute Gasteiger partial charge is 0.369 e. The van der Waals surface area contributed by atoms with Crippen LogP contribution in [0.1, 0.15) is 77.6 Å². The molecule has 1 spiro atoms. The standard InChI is InChI=1S/C38H39F3N8O/c1-24-4-5-27(34-46-44-23-47(34)2)28(14-24)26-17-32(43-21-36(8-9-36)10-12-42)45-33(18-26)49-20-30-29(35(49)50)15-25(16-31(30)38(39,40)41)19-48-13-11-37(22-48)6-3-7-37/h4-5,14-18,23H,3,6-11,13,19-22H2,1-2H3,(H,43,45). The molecule has 1 N–H and O–H groups in total. The van der Waals surface area contributed by atoms with Crippen LogP contribution in [0, 0.1) is 29.1 Å². The van der Waals surface area contributed by atoms with Crippen LogP contribution in [0.2, 0.25) is 0 Å². The van der Waals surface area contributed by atoms with Crippen LogP contribution < -0.4 is 10.2 Å². The summed E-state index contributed by atoms with van der Waals surface area (Å²) in [6.45, 7) is 4.39. The van der Waals surface area contributed by atoms with Crippen LogP contribution in [0.25, 0.3) is 22.5 Å². The molecule has 8 rings (SSSR count). The van der Waals surface area contributed by atoms with E-state index in [0.717, 1.165) is 54.6 Å². The van der Waals surface area contributed by atoms with E-state index in [0.29, 0.717) is 42.1 Å². The SMILES string of the molecule is Cc1ccc(-c2nncn2C)c(-c2cc(NCC3(CC#N)CC3)nc(N3Cc4c(cc(CN5CCC6(CCC6)C5)cc4C(F)(F)F)C3=O)c2)c1. The maximum absolute atomic E-state index is 14.7. The Bertz CT molecular complexity index is 2040. The van der Waals surface area contributed by atoms with Crippen molar-refractivity contribution in [3.63, 3.8) is 0 Å². The van der Waals surface area contributed by atoms with E-state index in [1.54, 1.807) is 18.5 Å². The quantitative estimate of drug-likeness (QED) is 0.195. The van der Waals surface area contributed by atoms with Gasteiger partial charge in [-0.2, -0.15) is 18.4 Å². The van der Waals surface area contributed by atoms with Gasteiger partial charge in [-0.25, -0.2) is 4.98 Å². The summed E-state index contributed by atoms with van der Waals surface area (Å²) in [6, 6.07) is 14.8. The first-order chi connectivity index (χ1) is 23.9. The molecule has 4 heterocycles. The van der Waals surface area contributed by atoms with Gasteiger partial charge in [0.15, 0.2) is 5.82 Å². The number of amides is 1.